The van der Waals surface area contributed by atoms with Gasteiger partial charge >= 0.3 is 0 Å². The van der Waals surface area contributed by atoms with Gasteiger partial charge in [0.05, 0.1) is 0 Å². The summed E-state index contributed by atoms with van der Waals surface area (Å²) in [4.78, 5) is 4.43. The fourth-order valence-corrected chi connectivity index (χ4v) is 1.92. The van der Waals surface area contributed by atoms with Gasteiger partial charge in [-0.2, -0.15) is 0 Å². The molecule has 0 aliphatic rings. The van der Waals surface area contributed by atoms with Gasteiger partial charge in [0.1, 0.15) is 0 Å². The number of aryl methyl sites for hydroxylation is 1. The van der Waals surface area contributed by atoms with Crippen molar-refractivity contribution in [2.75, 3.05) is 0 Å². The Hall–Kier alpha value is -1.08. The molecule has 0 saturated carbocycles. The summed E-state index contributed by atoms with van der Waals surface area (Å²) in [5.41, 5.74) is 1.16. The molecule has 0 radical (unpaired) electrons. The molecule has 1 aromatic carbocycles. The zero-order valence-corrected chi connectivity index (χ0v) is 9.59. The van der Waals surface area contributed by atoms with Crippen LogP contribution in [0, 0.1) is 0 Å². The van der Waals surface area contributed by atoms with Crippen molar-refractivity contribution in [3.05, 3.63) is 41.2 Å². The minimum atomic E-state index is 0.785. The zero-order chi connectivity index (χ0) is 10.7. The summed E-state index contributed by atoms with van der Waals surface area (Å²) in [6, 6.07) is 8.01. The van der Waals surface area contributed by atoms with E-state index in [4.69, 9.17) is 11.6 Å². The normalized spacial score (nSPS) is 10.8. The van der Waals surface area contributed by atoms with Crippen LogP contribution in [0.1, 0.15) is 25.5 Å². The van der Waals surface area contributed by atoms with Crippen molar-refractivity contribution < 1.29 is 0 Å². The van der Waals surface area contributed by atoms with Gasteiger partial charge in [-0.15, -0.1) is 0 Å². The van der Waals surface area contributed by atoms with Crippen molar-refractivity contribution in [3.8, 4) is 0 Å². The van der Waals surface area contributed by atoms with Gasteiger partial charge in [0, 0.05) is 22.3 Å². The SMILES string of the molecule is CCCCc1nccc2ccc(Cl)cc12. The predicted octanol–water partition coefficient (Wildman–Crippen LogP) is 4.23. The van der Waals surface area contributed by atoms with Gasteiger partial charge < -0.3 is 0 Å². The molecular weight excluding hydrogens is 206 g/mol. The molecule has 0 bridgehead atoms. The molecule has 0 atom stereocenters. The number of unbranched alkanes of at least 4 members (excludes halogenated alkanes) is 1. The second kappa shape index (κ2) is 4.63. The first kappa shape index (κ1) is 10.4. The van der Waals surface area contributed by atoms with Crippen molar-refractivity contribution in [2.24, 2.45) is 0 Å². The third-order valence-electron chi connectivity index (χ3n) is 2.58. The molecule has 78 valence electrons. The number of aromatic nitrogens is 1. The molecule has 0 spiro atoms. The maximum Gasteiger partial charge on any atom is 0.0482 e. The lowest BCUT2D eigenvalue weighted by molar-refractivity contribution is 0.782. The van der Waals surface area contributed by atoms with E-state index < -0.39 is 0 Å². The quantitative estimate of drug-likeness (QED) is 0.753. The molecule has 0 aliphatic heterocycles. The van der Waals surface area contributed by atoms with Gasteiger partial charge in [-0.25, -0.2) is 0 Å². The Labute approximate surface area is 95.1 Å². The van der Waals surface area contributed by atoms with Gasteiger partial charge in [0.15, 0.2) is 0 Å². The Morgan fingerprint density at radius 3 is 2.93 bits per heavy atom. The molecule has 0 unspecified atom stereocenters. The van der Waals surface area contributed by atoms with Crippen LogP contribution in [0.5, 0.6) is 0 Å². The lowest BCUT2D eigenvalue weighted by Gasteiger charge is -2.05. The van der Waals surface area contributed by atoms with Crippen LogP contribution in [0.25, 0.3) is 10.8 Å². The minimum absolute atomic E-state index is 0.785. The molecular formula is C13H14ClN. The van der Waals surface area contributed by atoms with Crippen molar-refractivity contribution in [1.29, 1.82) is 0 Å². The fourth-order valence-electron chi connectivity index (χ4n) is 1.74. The van der Waals surface area contributed by atoms with Crippen LogP contribution < -0.4 is 0 Å². The van der Waals surface area contributed by atoms with E-state index in [1.807, 2.05) is 24.4 Å². The van der Waals surface area contributed by atoms with Gasteiger partial charge in [0.25, 0.3) is 0 Å². The topological polar surface area (TPSA) is 12.9 Å². The van der Waals surface area contributed by atoms with E-state index in [2.05, 4.69) is 18.0 Å². The highest BCUT2D eigenvalue weighted by molar-refractivity contribution is 6.31. The first-order chi connectivity index (χ1) is 7.31. The molecule has 2 aromatic rings. The average molecular weight is 220 g/mol. The second-order valence-electron chi connectivity index (χ2n) is 3.73. The number of benzene rings is 1. The summed E-state index contributed by atoms with van der Waals surface area (Å²) in [5, 5.41) is 3.20. The second-order valence-corrected chi connectivity index (χ2v) is 4.16. The van der Waals surface area contributed by atoms with Gasteiger partial charge in [-0.1, -0.05) is 31.0 Å². The largest absolute Gasteiger partial charge is 0.261 e. The Balaban J connectivity index is 2.48. The smallest absolute Gasteiger partial charge is 0.0482 e. The van der Waals surface area contributed by atoms with Gasteiger partial charge in [0.2, 0.25) is 0 Å². The summed E-state index contributed by atoms with van der Waals surface area (Å²) in [6.07, 6.45) is 5.28. The third kappa shape index (κ3) is 2.29. The molecule has 15 heavy (non-hydrogen) atoms. The van der Waals surface area contributed by atoms with Crippen LogP contribution in [0.15, 0.2) is 30.5 Å². The monoisotopic (exact) mass is 219 g/mol. The number of fused-ring (bicyclic) bond motifs is 1. The van der Waals surface area contributed by atoms with Crippen LogP contribution in [-0.4, -0.2) is 4.98 Å². The average Bonchev–Trinajstić information content (AvgIpc) is 2.26. The number of halogens is 1. The summed E-state index contributed by atoms with van der Waals surface area (Å²) >= 11 is 6.00. The van der Waals surface area contributed by atoms with Crippen molar-refractivity contribution in [1.82, 2.24) is 4.98 Å². The Bertz CT molecular complexity index is 465. The molecule has 1 nitrogen and oxygen atoms in total. The van der Waals surface area contributed by atoms with Gasteiger partial charge in [-0.05, 0) is 36.4 Å². The van der Waals surface area contributed by atoms with Crippen molar-refractivity contribution >= 4 is 22.4 Å². The van der Waals surface area contributed by atoms with Crippen LogP contribution in [-0.2, 0) is 6.42 Å². The Morgan fingerprint density at radius 1 is 1.27 bits per heavy atom. The standard InChI is InChI=1S/C13H14ClN/c1-2-3-4-13-12-9-11(14)6-5-10(12)7-8-15-13/h5-9H,2-4H2,1H3. The van der Waals surface area contributed by atoms with Crippen molar-refractivity contribution in [2.45, 2.75) is 26.2 Å². The van der Waals surface area contributed by atoms with E-state index >= 15 is 0 Å². The highest BCUT2D eigenvalue weighted by atomic mass is 35.5. The number of rotatable bonds is 3. The molecule has 0 fully saturated rings. The summed E-state index contributed by atoms with van der Waals surface area (Å²) < 4.78 is 0. The van der Waals surface area contributed by atoms with E-state index in [1.165, 1.54) is 23.6 Å². The minimum Gasteiger partial charge on any atom is -0.261 e. The fraction of sp³-hybridized carbons (Fsp3) is 0.308. The third-order valence-corrected chi connectivity index (χ3v) is 2.81. The number of pyridine rings is 1. The van der Waals surface area contributed by atoms with E-state index in [9.17, 15) is 0 Å². The van der Waals surface area contributed by atoms with E-state index in [0.717, 1.165) is 17.1 Å². The first-order valence-electron chi connectivity index (χ1n) is 5.34. The molecule has 1 heterocycles. The highest BCUT2D eigenvalue weighted by Gasteiger charge is 2.02. The summed E-state index contributed by atoms with van der Waals surface area (Å²) in [6.45, 7) is 2.19. The first-order valence-corrected chi connectivity index (χ1v) is 5.72. The molecule has 0 saturated heterocycles. The van der Waals surface area contributed by atoms with E-state index in [1.54, 1.807) is 0 Å². The van der Waals surface area contributed by atoms with E-state index in [0.29, 0.717) is 0 Å². The highest BCUT2D eigenvalue weighted by Crippen LogP contribution is 2.22. The molecule has 2 rings (SSSR count). The summed E-state index contributed by atoms with van der Waals surface area (Å²) in [7, 11) is 0. The summed E-state index contributed by atoms with van der Waals surface area (Å²) in [5.74, 6) is 0. The Kier molecular flexibility index (Phi) is 3.22. The van der Waals surface area contributed by atoms with Crippen LogP contribution in [0.3, 0.4) is 0 Å². The number of hydrogen-bond acceptors (Lipinski definition) is 1. The van der Waals surface area contributed by atoms with Gasteiger partial charge in [-0.3, -0.25) is 4.98 Å². The zero-order valence-electron chi connectivity index (χ0n) is 8.83. The maximum atomic E-state index is 6.00. The molecule has 0 aliphatic carbocycles. The molecule has 2 heteroatoms. The lowest BCUT2D eigenvalue weighted by atomic mass is 10.1. The number of nitrogens with zero attached hydrogens (tertiary/aromatic N) is 1. The molecule has 0 N–H and O–H groups in total. The van der Waals surface area contributed by atoms with Crippen LogP contribution in [0.4, 0.5) is 0 Å². The lowest BCUT2D eigenvalue weighted by Crippen LogP contribution is -1.91. The van der Waals surface area contributed by atoms with E-state index in [-0.39, 0.29) is 0 Å². The van der Waals surface area contributed by atoms with Crippen LogP contribution >= 0.6 is 11.6 Å². The molecule has 1 aromatic heterocycles. The number of hydrogen-bond donors (Lipinski definition) is 0. The predicted molar refractivity (Wildman–Crippen MR) is 65.4 cm³/mol. The van der Waals surface area contributed by atoms with Crippen molar-refractivity contribution in [3.63, 3.8) is 0 Å². The Morgan fingerprint density at radius 2 is 2.13 bits per heavy atom. The molecule has 0 amide bonds. The maximum absolute atomic E-state index is 6.00. The van der Waals surface area contributed by atoms with Crippen LogP contribution in [0.2, 0.25) is 5.02 Å².